The number of ether oxygens (including phenoxy) is 1. The summed E-state index contributed by atoms with van der Waals surface area (Å²) in [6.45, 7) is 1.87. The lowest BCUT2D eigenvalue weighted by Gasteiger charge is -2.11. The van der Waals surface area contributed by atoms with Crippen LogP contribution in [0.3, 0.4) is 0 Å². The molecule has 0 aromatic carbocycles. The molecule has 0 bridgehead atoms. The van der Waals surface area contributed by atoms with Crippen molar-refractivity contribution in [1.29, 1.82) is 0 Å². The van der Waals surface area contributed by atoms with Crippen LogP contribution in [0.1, 0.15) is 23.2 Å². The number of aliphatic hydroxyl groups excluding tert-OH is 1. The van der Waals surface area contributed by atoms with Gasteiger partial charge in [-0.1, -0.05) is 0 Å². The van der Waals surface area contributed by atoms with Crippen LogP contribution >= 0.6 is 0 Å². The largest absolute Gasteiger partial charge is 0.480 e. The van der Waals surface area contributed by atoms with E-state index >= 15 is 0 Å². The molecule has 2 heterocycles. The van der Waals surface area contributed by atoms with Crippen molar-refractivity contribution >= 4 is 0 Å². The summed E-state index contributed by atoms with van der Waals surface area (Å²) >= 11 is 0. The Kier molecular flexibility index (Phi) is 3.24. The van der Waals surface area contributed by atoms with Gasteiger partial charge in [-0.15, -0.1) is 0 Å². The number of rotatable bonds is 3. The van der Waals surface area contributed by atoms with E-state index in [1.165, 1.54) is 19.5 Å². The molecule has 0 saturated carbocycles. The third-order valence-corrected chi connectivity index (χ3v) is 2.19. The third kappa shape index (κ3) is 2.36. The van der Waals surface area contributed by atoms with E-state index in [9.17, 15) is 5.11 Å². The van der Waals surface area contributed by atoms with Crippen molar-refractivity contribution in [2.24, 2.45) is 0 Å². The molecule has 88 valence electrons. The Bertz CT molecular complexity index is 501. The maximum absolute atomic E-state index is 10.1. The lowest BCUT2D eigenvalue weighted by Crippen LogP contribution is -2.09. The molecule has 1 unspecified atom stereocenters. The summed E-state index contributed by atoms with van der Waals surface area (Å²) in [6.07, 6.45) is 5.20. The van der Waals surface area contributed by atoms with Crippen LogP contribution in [-0.2, 0) is 0 Å². The van der Waals surface area contributed by atoms with Crippen LogP contribution in [0.2, 0.25) is 0 Å². The molecule has 17 heavy (non-hydrogen) atoms. The van der Waals surface area contributed by atoms with Gasteiger partial charge in [0.05, 0.1) is 7.11 Å². The van der Waals surface area contributed by atoms with E-state index in [0.717, 1.165) is 5.56 Å². The molecule has 0 amide bonds. The molecule has 0 saturated heterocycles. The van der Waals surface area contributed by atoms with Crippen LogP contribution in [0.25, 0.3) is 0 Å². The second-order valence-corrected chi connectivity index (χ2v) is 3.47. The number of methoxy groups -OCH3 is 1. The molecule has 1 N–H and O–H groups in total. The van der Waals surface area contributed by atoms with E-state index < -0.39 is 6.10 Å². The predicted molar refractivity (Wildman–Crippen MR) is 59.4 cm³/mol. The lowest BCUT2D eigenvalue weighted by atomic mass is 10.2. The summed E-state index contributed by atoms with van der Waals surface area (Å²) in [6, 6.07) is 0. The molecule has 1 atom stereocenters. The molecule has 2 aromatic rings. The Labute approximate surface area is 98.4 Å². The summed E-state index contributed by atoms with van der Waals surface area (Å²) < 4.78 is 5.02. The van der Waals surface area contributed by atoms with Gasteiger partial charge in [0, 0.05) is 24.8 Å². The van der Waals surface area contributed by atoms with Crippen molar-refractivity contribution in [3.8, 4) is 5.88 Å². The highest BCUT2D eigenvalue weighted by atomic mass is 16.5. The maximum atomic E-state index is 10.1. The fraction of sp³-hybridized carbons (Fsp3) is 0.273. The van der Waals surface area contributed by atoms with Gasteiger partial charge in [-0.3, -0.25) is 4.98 Å². The average Bonchev–Trinajstić information content (AvgIpc) is 2.39. The molecule has 6 heteroatoms. The minimum Gasteiger partial charge on any atom is -0.480 e. The molecular formula is C11H12N4O2. The Balaban J connectivity index is 2.36. The van der Waals surface area contributed by atoms with Gasteiger partial charge in [0.1, 0.15) is 5.69 Å². The van der Waals surface area contributed by atoms with Crippen molar-refractivity contribution < 1.29 is 9.84 Å². The van der Waals surface area contributed by atoms with E-state index in [0.29, 0.717) is 5.69 Å². The topological polar surface area (TPSA) is 81.0 Å². The monoisotopic (exact) mass is 232 g/mol. The molecule has 2 rings (SSSR count). The molecule has 0 radical (unpaired) electrons. The Morgan fingerprint density at radius 1 is 1.12 bits per heavy atom. The Hall–Kier alpha value is -2.08. The second-order valence-electron chi connectivity index (χ2n) is 3.47. The molecule has 2 aromatic heterocycles. The van der Waals surface area contributed by atoms with Crippen molar-refractivity contribution in [3.05, 3.63) is 41.9 Å². The molecule has 0 aliphatic heterocycles. The molecular weight excluding hydrogens is 220 g/mol. The second kappa shape index (κ2) is 4.84. The molecule has 0 aliphatic carbocycles. The fourth-order valence-electron chi connectivity index (χ4n) is 1.35. The van der Waals surface area contributed by atoms with Crippen LogP contribution in [0, 0.1) is 6.92 Å². The normalized spacial score (nSPS) is 12.2. The number of hydrogen-bond donors (Lipinski definition) is 1. The maximum Gasteiger partial charge on any atom is 0.238 e. The van der Waals surface area contributed by atoms with Gasteiger partial charge in [-0.2, -0.15) is 0 Å². The zero-order valence-corrected chi connectivity index (χ0v) is 9.53. The van der Waals surface area contributed by atoms with Gasteiger partial charge in [0.25, 0.3) is 0 Å². The smallest absolute Gasteiger partial charge is 0.238 e. The van der Waals surface area contributed by atoms with Crippen molar-refractivity contribution in [3.63, 3.8) is 0 Å². The van der Waals surface area contributed by atoms with Gasteiger partial charge in [-0.05, 0) is 12.5 Å². The van der Waals surface area contributed by atoms with Crippen LogP contribution in [-0.4, -0.2) is 32.2 Å². The van der Waals surface area contributed by atoms with Gasteiger partial charge >= 0.3 is 0 Å². The number of aliphatic hydroxyl groups is 1. The van der Waals surface area contributed by atoms with Crippen LogP contribution < -0.4 is 4.74 Å². The number of nitrogens with zero attached hydrogens (tertiary/aromatic N) is 4. The minimum atomic E-state index is -1.04. The predicted octanol–water partition coefficient (Wildman–Crippen LogP) is 0.665. The summed E-state index contributed by atoms with van der Waals surface area (Å²) in [4.78, 5) is 16.1. The summed E-state index contributed by atoms with van der Waals surface area (Å²) in [5.41, 5.74) is 1.23. The summed E-state index contributed by atoms with van der Waals surface area (Å²) in [5.74, 6) is 0.540. The first kappa shape index (κ1) is 11.4. The highest BCUT2D eigenvalue weighted by Crippen LogP contribution is 2.23. The third-order valence-electron chi connectivity index (χ3n) is 2.19. The first-order chi connectivity index (χ1) is 8.22. The van der Waals surface area contributed by atoms with Crippen molar-refractivity contribution in [2.45, 2.75) is 13.0 Å². The number of hydrogen-bond acceptors (Lipinski definition) is 6. The molecule has 0 spiro atoms. The zero-order chi connectivity index (χ0) is 12.3. The average molecular weight is 232 g/mol. The molecule has 0 aliphatic rings. The van der Waals surface area contributed by atoms with E-state index in [2.05, 4.69) is 19.9 Å². The number of aromatic nitrogens is 4. The number of aryl methyl sites for hydroxylation is 1. The van der Waals surface area contributed by atoms with Crippen LogP contribution in [0.5, 0.6) is 5.88 Å². The first-order valence-electron chi connectivity index (χ1n) is 5.04. The minimum absolute atomic E-state index is 0.268. The van der Waals surface area contributed by atoms with Crippen LogP contribution in [0.15, 0.2) is 24.8 Å². The Morgan fingerprint density at radius 3 is 2.41 bits per heavy atom. The van der Waals surface area contributed by atoms with E-state index in [1.54, 1.807) is 12.4 Å². The van der Waals surface area contributed by atoms with E-state index in [-0.39, 0.29) is 11.7 Å². The van der Waals surface area contributed by atoms with Gasteiger partial charge < -0.3 is 9.84 Å². The lowest BCUT2D eigenvalue weighted by molar-refractivity contribution is 0.197. The van der Waals surface area contributed by atoms with Gasteiger partial charge in [0.2, 0.25) is 5.88 Å². The highest BCUT2D eigenvalue weighted by molar-refractivity contribution is 5.24. The zero-order valence-electron chi connectivity index (χ0n) is 9.53. The summed E-state index contributed by atoms with van der Waals surface area (Å²) in [7, 11) is 1.47. The van der Waals surface area contributed by atoms with E-state index in [1.807, 2.05) is 6.92 Å². The highest BCUT2D eigenvalue weighted by Gasteiger charge is 2.20. The van der Waals surface area contributed by atoms with Crippen molar-refractivity contribution in [2.75, 3.05) is 7.11 Å². The van der Waals surface area contributed by atoms with E-state index in [4.69, 9.17) is 4.74 Å². The van der Waals surface area contributed by atoms with Crippen LogP contribution in [0.4, 0.5) is 0 Å². The van der Waals surface area contributed by atoms with Crippen molar-refractivity contribution in [1.82, 2.24) is 19.9 Å². The van der Waals surface area contributed by atoms with Gasteiger partial charge in [0.15, 0.2) is 11.9 Å². The standard InChI is InChI=1S/C11H12N4O2/c1-7-5-14-10(15-6-7)9(16)8-11(17-2)13-4-3-12-8/h3-6,9,16H,1-2H3. The van der Waals surface area contributed by atoms with Gasteiger partial charge in [-0.25, -0.2) is 15.0 Å². The fourth-order valence-corrected chi connectivity index (χ4v) is 1.35. The molecule has 0 fully saturated rings. The first-order valence-corrected chi connectivity index (χ1v) is 5.04. The quantitative estimate of drug-likeness (QED) is 0.837. The SMILES string of the molecule is COc1nccnc1C(O)c1ncc(C)cn1. The Morgan fingerprint density at radius 2 is 1.76 bits per heavy atom. The summed E-state index contributed by atoms with van der Waals surface area (Å²) in [5, 5.41) is 10.1. The molecule has 6 nitrogen and oxygen atoms in total.